The summed E-state index contributed by atoms with van der Waals surface area (Å²) in [5.74, 6) is 1.93. The van der Waals surface area contributed by atoms with Gasteiger partial charge in [-0.15, -0.1) is 11.3 Å². The highest BCUT2D eigenvalue weighted by atomic mass is 32.1. The van der Waals surface area contributed by atoms with E-state index in [0.29, 0.717) is 18.4 Å². The first-order valence-electron chi connectivity index (χ1n) is 12.2. The standard InChI is InChI=1S/C27H32N6OS/c1-16-8-7-13-28-21(16)14-29-26-30-18(3)23(25-31-20-9-5-6-10-22(20)35-25)24(32-26)33-27(4)12-11-19(15-34)17(27)2/h5-10,13,17,19,34H,11-12,14-15H2,1-4H3,(H2,29,30,32,33)/t17-,19-,27+/m1/s1. The second-order valence-corrected chi connectivity index (χ2v) is 10.8. The predicted octanol–water partition coefficient (Wildman–Crippen LogP) is 5.59. The van der Waals surface area contributed by atoms with Gasteiger partial charge in [-0.3, -0.25) is 4.98 Å². The van der Waals surface area contributed by atoms with Gasteiger partial charge in [-0.05, 0) is 69.2 Å². The summed E-state index contributed by atoms with van der Waals surface area (Å²) in [7, 11) is 0. The summed E-state index contributed by atoms with van der Waals surface area (Å²) in [5, 5.41) is 17.9. The Kier molecular flexibility index (Phi) is 6.42. The molecule has 0 unspecified atom stereocenters. The van der Waals surface area contributed by atoms with E-state index in [9.17, 15) is 5.11 Å². The molecule has 4 aromatic rings. The fraction of sp³-hybridized carbons (Fsp3) is 0.407. The number of anilines is 2. The predicted molar refractivity (Wildman–Crippen MR) is 143 cm³/mol. The van der Waals surface area contributed by atoms with Crippen LogP contribution in [0.4, 0.5) is 11.8 Å². The fourth-order valence-electron chi connectivity index (χ4n) is 5.02. The minimum atomic E-state index is -0.186. The van der Waals surface area contributed by atoms with Gasteiger partial charge in [0.2, 0.25) is 5.95 Å². The lowest BCUT2D eigenvalue weighted by Gasteiger charge is -2.34. The van der Waals surface area contributed by atoms with Crippen LogP contribution in [0.1, 0.15) is 43.6 Å². The number of fused-ring (bicyclic) bond motifs is 1. The van der Waals surface area contributed by atoms with Gasteiger partial charge in [0.25, 0.3) is 0 Å². The summed E-state index contributed by atoms with van der Waals surface area (Å²) >= 11 is 1.66. The Morgan fingerprint density at radius 2 is 1.94 bits per heavy atom. The SMILES string of the molecule is Cc1cccnc1CNc1nc(C)c(-c2nc3ccccc3s2)c(N[C@@]2(C)CC[C@H](CO)[C@H]2C)n1. The zero-order chi connectivity index (χ0) is 24.6. The van der Waals surface area contributed by atoms with Crippen molar-refractivity contribution in [2.45, 2.75) is 52.6 Å². The number of aliphatic hydroxyl groups is 1. The van der Waals surface area contributed by atoms with Crippen molar-refractivity contribution in [2.24, 2.45) is 11.8 Å². The minimum Gasteiger partial charge on any atom is -0.396 e. The van der Waals surface area contributed by atoms with Gasteiger partial charge < -0.3 is 15.7 Å². The third-order valence-electron chi connectivity index (χ3n) is 7.51. The first-order chi connectivity index (χ1) is 16.9. The number of thiazole rings is 1. The summed E-state index contributed by atoms with van der Waals surface area (Å²) in [6.45, 7) is 9.28. The van der Waals surface area contributed by atoms with Gasteiger partial charge in [0.1, 0.15) is 10.8 Å². The van der Waals surface area contributed by atoms with Gasteiger partial charge in [0, 0.05) is 18.3 Å². The zero-order valence-electron chi connectivity index (χ0n) is 20.7. The molecule has 3 N–H and O–H groups in total. The Balaban J connectivity index is 1.54. The number of para-hydroxylation sites is 1. The van der Waals surface area contributed by atoms with Crippen LogP contribution in [-0.4, -0.2) is 37.2 Å². The maximum atomic E-state index is 9.86. The molecule has 8 heteroatoms. The number of aromatic nitrogens is 4. The number of benzene rings is 1. The van der Waals surface area contributed by atoms with E-state index in [1.165, 1.54) is 0 Å². The van der Waals surface area contributed by atoms with Gasteiger partial charge >= 0.3 is 0 Å². The maximum Gasteiger partial charge on any atom is 0.225 e. The molecule has 0 spiro atoms. The lowest BCUT2D eigenvalue weighted by atomic mass is 9.86. The van der Waals surface area contributed by atoms with Crippen LogP contribution in [0.5, 0.6) is 0 Å². The van der Waals surface area contributed by atoms with E-state index in [4.69, 9.17) is 15.0 Å². The maximum absolute atomic E-state index is 9.86. The molecule has 1 aliphatic carbocycles. The van der Waals surface area contributed by atoms with Crippen LogP contribution in [-0.2, 0) is 6.54 Å². The lowest BCUT2D eigenvalue weighted by molar-refractivity contribution is 0.187. The third-order valence-corrected chi connectivity index (χ3v) is 8.57. The van der Waals surface area contributed by atoms with Crippen LogP contribution in [0.2, 0.25) is 0 Å². The van der Waals surface area contributed by atoms with E-state index < -0.39 is 0 Å². The molecule has 5 rings (SSSR count). The smallest absolute Gasteiger partial charge is 0.225 e. The molecule has 1 fully saturated rings. The second-order valence-electron chi connectivity index (χ2n) is 9.78. The zero-order valence-corrected chi connectivity index (χ0v) is 21.5. The largest absolute Gasteiger partial charge is 0.396 e. The van der Waals surface area contributed by atoms with Crippen LogP contribution in [0.25, 0.3) is 20.8 Å². The topological polar surface area (TPSA) is 95.9 Å². The highest BCUT2D eigenvalue weighted by Gasteiger charge is 2.43. The van der Waals surface area contributed by atoms with E-state index in [0.717, 1.165) is 56.4 Å². The highest BCUT2D eigenvalue weighted by Crippen LogP contribution is 2.44. The summed E-state index contributed by atoms with van der Waals surface area (Å²) < 4.78 is 1.14. The minimum absolute atomic E-state index is 0.186. The second kappa shape index (κ2) is 9.51. The van der Waals surface area contributed by atoms with Crippen molar-refractivity contribution >= 4 is 33.3 Å². The summed E-state index contributed by atoms with van der Waals surface area (Å²) in [4.78, 5) is 19.2. The van der Waals surface area contributed by atoms with Crippen molar-refractivity contribution < 1.29 is 5.11 Å². The monoisotopic (exact) mass is 488 g/mol. The molecule has 1 aliphatic rings. The molecule has 0 radical (unpaired) electrons. The first kappa shape index (κ1) is 23.6. The van der Waals surface area contributed by atoms with Crippen LogP contribution in [0, 0.1) is 25.7 Å². The number of rotatable bonds is 7. The lowest BCUT2D eigenvalue weighted by Crippen LogP contribution is -2.40. The normalized spacial score (nSPS) is 22.0. The average Bonchev–Trinajstić information content (AvgIpc) is 3.39. The highest BCUT2D eigenvalue weighted by molar-refractivity contribution is 7.21. The van der Waals surface area contributed by atoms with Gasteiger partial charge in [0.05, 0.1) is 33.7 Å². The summed E-state index contributed by atoms with van der Waals surface area (Å²) in [6, 6.07) is 12.2. The Bertz CT molecular complexity index is 1320. The fourth-order valence-corrected chi connectivity index (χ4v) is 6.09. The average molecular weight is 489 g/mol. The van der Waals surface area contributed by atoms with Crippen LogP contribution in [0.3, 0.4) is 0 Å². The third kappa shape index (κ3) is 4.60. The number of aryl methyl sites for hydroxylation is 2. The van der Waals surface area contributed by atoms with E-state index in [2.05, 4.69) is 48.5 Å². The molecule has 182 valence electrons. The number of pyridine rings is 1. The van der Waals surface area contributed by atoms with Gasteiger partial charge in [0.15, 0.2) is 0 Å². The van der Waals surface area contributed by atoms with E-state index >= 15 is 0 Å². The van der Waals surface area contributed by atoms with Crippen LogP contribution >= 0.6 is 11.3 Å². The quantitative estimate of drug-likeness (QED) is 0.312. The van der Waals surface area contributed by atoms with Gasteiger partial charge in [-0.2, -0.15) is 4.98 Å². The van der Waals surface area contributed by atoms with Crippen molar-refractivity contribution in [1.29, 1.82) is 0 Å². The van der Waals surface area contributed by atoms with Crippen LogP contribution < -0.4 is 10.6 Å². The molecule has 7 nitrogen and oxygen atoms in total. The van der Waals surface area contributed by atoms with E-state index in [-0.39, 0.29) is 18.1 Å². The molecular weight excluding hydrogens is 456 g/mol. The molecule has 0 amide bonds. The van der Waals surface area contributed by atoms with Gasteiger partial charge in [-0.1, -0.05) is 25.1 Å². The number of hydrogen-bond acceptors (Lipinski definition) is 8. The molecule has 3 aromatic heterocycles. The first-order valence-corrected chi connectivity index (χ1v) is 13.0. The van der Waals surface area contributed by atoms with Crippen LogP contribution in [0.15, 0.2) is 42.6 Å². The van der Waals surface area contributed by atoms with Crippen molar-refractivity contribution in [2.75, 3.05) is 17.2 Å². The number of hydrogen-bond donors (Lipinski definition) is 3. The Morgan fingerprint density at radius 3 is 2.69 bits per heavy atom. The Hall–Kier alpha value is -3.10. The van der Waals surface area contributed by atoms with Crippen molar-refractivity contribution in [3.05, 3.63) is 59.5 Å². The molecule has 1 aromatic carbocycles. The van der Waals surface area contributed by atoms with E-state index in [1.54, 1.807) is 17.5 Å². The molecule has 0 aliphatic heterocycles. The number of nitrogens with zero attached hydrogens (tertiary/aromatic N) is 4. The summed E-state index contributed by atoms with van der Waals surface area (Å²) in [6.07, 6.45) is 3.77. The van der Waals surface area contributed by atoms with Crippen molar-refractivity contribution in [1.82, 2.24) is 19.9 Å². The molecule has 0 saturated heterocycles. The molecule has 0 bridgehead atoms. The van der Waals surface area contributed by atoms with Crippen molar-refractivity contribution in [3.63, 3.8) is 0 Å². The molecular formula is C27H32N6OS. The van der Waals surface area contributed by atoms with Crippen molar-refractivity contribution in [3.8, 4) is 10.6 Å². The number of nitrogens with one attached hydrogen (secondary N) is 2. The number of aliphatic hydroxyl groups excluding tert-OH is 1. The van der Waals surface area contributed by atoms with Gasteiger partial charge in [-0.25, -0.2) is 9.97 Å². The molecule has 3 atom stereocenters. The Morgan fingerprint density at radius 1 is 1.11 bits per heavy atom. The Labute approximate surface area is 210 Å². The summed E-state index contributed by atoms with van der Waals surface area (Å²) in [5.41, 5.74) is 4.70. The molecule has 1 saturated carbocycles. The molecule has 3 heterocycles. The molecule has 35 heavy (non-hydrogen) atoms. The van der Waals surface area contributed by atoms with E-state index in [1.807, 2.05) is 31.2 Å².